The summed E-state index contributed by atoms with van der Waals surface area (Å²) in [5, 5.41) is 8.97. The van der Waals surface area contributed by atoms with Crippen LogP contribution in [-0.4, -0.2) is 23.1 Å². The van der Waals surface area contributed by atoms with Crippen LogP contribution in [0.3, 0.4) is 0 Å². The van der Waals surface area contributed by atoms with Crippen molar-refractivity contribution in [3.8, 4) is 0 Å². The molecule has 0 aliphatic rings. The third-order valence-electron chi connectivity index (χ3n) is 3.23. The normalized spacial score (nSPS) is 13.0. The van der Waals surface area contributed by atoms with Gasteiger partial charge >= 0.3 is 11.9 Å². The van der Waals surface area contributed by atoms with Gasteiger partial charge in [0.15, 0.2) is 6.10 Å². The lowest BCUT2D eigenvalue weighted by Gasteiger charge is -2.17. The number of rotatable bonds is 10. The molecule has 0 heterocycles. The predicted molar refractivity (Wildman–Crippen MR) is 79.6 cm³/mol. The predicted octanol–water partition coefficient (Wildman–Crippen LogP) is 4.17. The molecule has 0 spiro atoms. The molecule has 0 amide bonds. The minimum atomic E-state index is -1.04. The van der Waals surface area contributed by atoms with E-state index in [0.717, 1.165) is 19.3 Å². The lowest BCUT2D eigenvalue weighted by molar-refractivity contribution is -0.164. The average Bonchev–Trinajstić information content (AvgIpc) is 2.34. The zero-order chi connectivity index (χ0) is 15.6. The Morgan fingerprint density at radius 3 is 2.10 bits per heavy atom. The SMILES string of the molecule is CCC(=O)OC(CCCCCCCC(C)(C)C)C(=O)O. The first-order valence-corrected chi connectivity index (χ1v) is 7.68. The fraction of sp³-hybridized carbons (Fsp3) is 0.875. The summed E-state index contributed by atoms with van der Waals surface area (Å²) in [6.45, 7) is 8.39. The van der Waals surface area contributed by atoms with Crippen molar-refractivity contribution >= 4 is 11.9 Å². The molecule has 0 aliphatic carbocycles. The summed E-state index contributed by atoms with van der Waals surface area (Å²) < 4.78 is 4.90. The van der Waals surface area contributed by atoms with Gasteiger partial charge in [0.05, 0.1) is 0 Å². The molecule has 0 saturated heterocycles. The highest BCUT2D eigenvalue weighted by atomic mass is 16.6. The van der Waals surface area contributed by atoms with Crippen LogP contribution in [0.5, 0.6) is 0 Å². The highest BCUT2D eigenvalue weighted by Gasteiger charge is 2.20. The van der Waals surface area contributed by atoms with Crippen molar-refractivity contribution in [3.05, 3.63) is 0 Å². The molecule has 4 nitrogen and oxygen atoms in total. The Bertz CT molecular complexity index is 291. The topological polar surface area (TPSA) is 63.6 Å². The molecule has 0 radical (unpaired) electrons. The summed E-state index contributed by atoms with van der Waals surface area (Å²) in [6, 6.07) is 0. The number of aliphatic carboxylic acids is 1. The van der Waals surface area contributed by atoms with E-state index < -0.39 is 18.0 Å². The van der Waals surface area contributed by atoms with E-state index in [2.05, 4.69) is 20.8 Å². The van der Waals surface area contributed by atoms with Gasteiger partial charge in [-0.25, -0.2) is 4.79 Å². The molecule has 118 valence electrons. The number of carbonyl (C=O) groups excluding carboxylic acids is 1. The Labute approximate surface area is 122 Å². The molecule has 0 rings (SSSR count). The number of carbonyl (C=O) groups is 2. The Hall–Kier alpha value is -1.06. The molecule has 20 heavy (non-hydrogen) atoms. The van der Waals surface area contributed by atoms with E-state index in [1.54, 1.807) is 6.92 Å². The van der Waals surface area contributed by atoms with Gasteiger partial charge < -0.3 is 9.84 Å². The highest BCUT2D eigenvalue weighted by Crippen LogP contribution is 2.22. The number of carboxylic acid groups (broad SMARTS) is 1. The zero-order valence-corrected chi connectivity index (χ0v) is 13.4. The van der Waals surface area contributed by atoms with Gasteiger partial charge in [-0.1, -0.05) is 53.4 Å². The van der Waals surface area contributed by atoms with E-state index in [1.807, 2.05) is 0 Å². The van der Waals surface area contributed by atoms with Crippen LogP contribution in [0.4, 0.5) is 0 Å². The number of carboxylic acids is 1. The first-order chi connectivity index (χ1) is 9.26. The molecular weight excluding hydrogens is 256 g/mol. The highest BCUT2D eigenvalue weighted by molar-refractivity contribution is 5.77. The molecule has 0 aliphatic heterocycles. The van der Waals surface area contributed by atoms with E-state index >= 15 is 0 Å². The second-order valence-corrected chi connectivity index (χ2v) is 6.54. The zero-order valence-electron chi connectivity index (χ0n) is 13.4. The van der Waals surface area contributed by atoms with Crippen LogP contribution >= 0.6 is 0 Å². The van der Waals surface area contributed by atoms with Crippen molar-refractivity contribution in [1.29, 1.82) is 0 Å². The smallest absolute Gasteiger partial charge is 0.345 e. The number of unbranched alkanes of at least 4 members (excludes halogenated alkanes) is 4. The van der Waals surface area contributed by atoms with Gasteiger partial charge in [-0.05, 0) is 24.7 Å². The molecule has 4 heteroatoms. The van der Waals surface area contributed by atoms with Crippen LogP contribution in [0.1, 0.15) is 79.1 Å². The maximum atomic E-state index is 11.1. The number of esters is 1. The second kappa shape index (κ2) is 9.78. The van der Waals surface area contributed by atoms with Gasteiger partial charge in [-0.15, -0.1) is 0 Å². The van der Waals surface area contributed by atoms with E-state index in [9.17, 15) is 9.59 Å². The van der Waals surface area contributed by atoms with Crippen LogP contribution in [-0.2, 0) is 14.3 Å². The van der Waals surface area contributed by atoms with Crippen LogP contribution in [0, 0.1) is 5.41 Å². The molecule has 0 aromatic carbocycles. The molecule has 0 aromatic rings. The lowest BCUT2D eigenvalue weighted by Crippen LogP contribution is -2.26. The second-order valence-electron chi connectivity index (χ2n) is 6.54. The molecule has 1 unspecified atom stereocenters. The standard InChI is InChI=1S/C16H30O4/c1-5-14(17)20-13(15(18)19)11-9-7-6-8-10-12-16(2,3)4/h13H,5-12H2,1-4H3,(H,18,19). The first-order valence-electron chi connectivity index (χ1n) is 7.68. The quantitative estimate of drug-likeness (QED) is 0.483. The molecule has 0 saturated carbocycles. The van der Waals surface area contributed by atoms with Gasteiger partial charge in [0.25, 0.3) is 0 Å². The first kappa shape index (κ1) is 18.9. The third-order valence-corrected chi connectivity index (χ3v) is 3.23. The summed E-state index contributed by atoms with van der Waals surface area (Å²) >= 11 is 0. The fourth-order valence-electron chi connectivity index (χ4n) is 1.99. The molecular formula is C16H30O4. The van der Waals surface area contributed by atoms with E-state index in [4.69, 9.17) is 9.84 Å². The third kappa shape index (κ3) is 10.8. The minimum absolute atomic E-state index is 0.219. The molecule has 0 aromatic heterocycles. The Kier molecular flexibility index (Phi) is 9.26. The summed E-state index contributed by atoms with van der Waals surface area (Å²) in [5.74, 6) is -1.48. The van der Waals surface area contributed by atoms with Crippen LogP contribution in [0.25, 0.3) is 0 Å². The van der Waals surface area contributed by atoms with E-state index in [-0.39, 0.29) is 6.42 Å². The summed E-state index contributed by atoms with van der Waals surface area (Å²) in [5.41, 5.74) is 0.392. The van der Waals surface area contributed by atoms with Gasteiger partial charge in [-0.3, -0.25) is 4.79 Å². The fourth-order valence-corrected chi connectivity index (χ4v) is 1.99. The number of ether oxygens (including phenoxy) is 1. The van der Waals surface area contributed by atoms with Gasteiger partial charge in [0, 0.05) is 6.42 Å². The van der Waals surface area contributed by atoms with E-state index in [0.29, 0.717) is 11.8 Å². The van der Waals surface area contributed by atoms with Crippen molar-refractivity contribution in [2.24, 2.45) is 5.41 Å². The Morgan fingerprint density at radius 1 is 1.05 bits per heavy atom. The maximum Gasteiger partial charge on any atom is 0.345 e. The monoisotopic (exact) mass is 286 g/mol. The van der Waals surface area contributed by atoms with Crippen molar-refractivity contribution < 1.29 is 19.4 Å². The van der Waals surface area contributed by atoms with Gasteiger partial charge in [-0.2, -0.15) is 0 Å². The minimum Gasteiger partial charge on any atom is -0.479 e. The van der Waals surface area contributed by atoms with Crippen LogP contribution < -0.4 is 0 Å². The summed E-state index contributed by atoms with van der Waals surface area (Å²) in [4.78, 5) is 22.1. The van der Waals surface area contributed by atoms with Gasteiger partial charge in [0.1, 0.15) is 0 Å². The Morgan fingerprint density at radius 2 is 1.60 bits per heavy atom. The van der Waals surface area contributed by atoms with Crippen molar-refractivity contribution in [2.45, 2.75) is 85.2 Å². The van der Waals surface area contributed by atoms with Gasteiger partial charge in [0.2, 0.25) is 0 Å². The Balaban J connectivity index is 3.69. The van der Waals surface area contributed by atoms with Crippen LogP contribution in [0.2, 0.25) is 0 Å². The lowest BCUT2D eigenvalue weighted by atomic mass is 9.89. The van der Waals surface area contributed by atoms with Crippen LogP contribution in [0.15, 0.2) is 0 Å². The molecule has 1 N–H and O–H groups in total. The summed E-state index contributed by atoms with van der Waals surface area (Å²) in [7, 11) is 0. The average molecular weight is 286 g/mol. The largest absolute Gasteiger partial charge is 0.479 e. The van der Waals surface area contributed by atoms with Crippen molar-refractivity contribution in [3.63, 3.8) is 0 Å². The number of hydrogen-bond donors (Lipinski definition) is 1. The van der Waals surface area contributed by atoms with Crippen molar-refractivity contribution in [2.75, 3.05) is 0 Å². The molecule has 1 atom stereocenters. The van der Waals surface area contributed by atoms with E-state index in [1.165, 1.54) is 19.3 Å². The molecule has 0 fully saturated rings. The molecule has 0 bridgehead atoms. The summed E-state index contributed by atoms with van der Waals surface area (Å²) in [6.07, 6.45) is 6.19. The van der Waals surface area contributed by atoms with Crippen molar-refractivity contribution in [1.82, 2.24) is 0 Å². The maximum absolute atomic E-state index is 11.1. The number of hydrogen-bond acceptors (Lipinski definition) is 3.